The van der Waals surface area contributed by atoms with Crippen LogP contribution in [0, 0.1) is 0 Å². The lowest BCUT2D eigenvalue weighted by Gasteiger charge is -2.10. The number of rotatable bonds is 7. The van der Waals surface area contributed by atoms with Gasteiger partial charge < -0.3 is 14.6 Å². The van der Waals surface area contributed by atoms with Crippen LogP contribution < -0.4 is 10.1 Å². The van der Waals surface area contributed by atoms with Gasteiger partial charge in [-0.2, -0.15) is 0 Å². The van der Waals surface area contributed by atoms with Crippen molar-refractivity contribution < 1.29 is 19.4 Å². The molecule has 1 rings (SSSR count). The maximum Gasteiger partial charge on any atom is 0.411 e. The van der Waals surface area contributed by atoms with Gasteiger partial charge in [0.25, 0.3) is 0 Å². The summed E-state index contributed by atoms with van der Waals surface area (Å²) in [6, 6.07) is 4.77. The van der Waals surface area contributed by atoms with Gasteiger partial charge in [-0.3, -0.25) is 5.32 Å². The molecule has 0 spiro atoms. The highest BCUT2D eigenvalue weighted by atomic mass is 16.5. The number of nitrogens with one attached hydrogen (secondary N) is 1. The normalized spacial score (nSPS) is 10.0. The number of hydrogen-bond donors (Lipinski definition) is 2. The molecule has 0 atom stereocenters. The first-order valence-corrected chi connectivity index (χ1v) is 6.57. The Bertz CT molecular complexity index is 406. The van der Waals surface area contributed by atoms with E-state index in [0.717, 1.165) is 19.3 Å². The summed E-state index contributed by atoms with van der Waals surface area (Å²) in [7, 11) is 0. The number of carbonyl (C=O) groups excluding carboxylic acids is 1. The maximum atomic E-state index is 11.2. The fourth-order valence-electron chi connectivity index (χ4n) is 1.53. The quantitative estimate of drug-likeness (QED) is 0.585. The second-order valence-corrected chi connectivity index (χ2v) is 4.08. The number of unbranched alkanes of at least 4 members (excludes halogenated alkanes) is 2. The zero-order valence-electron chi connectivity index (χ0n) is 11.4. The fourth-order valence-corrected chi connectivity index (χ4v) is 1.53. The van der Waals surface area contributed by atoms with E-state index >= 15 is 0 Å². The van der Waals surface area contributed by atoms with Gasteiger partial charge in [0, 0.05) is 6.07 Å². The van der Waals surface area contributed by atoms with Crippen molar-refractivity contribution in [1.29, 1.82) is 0 Å². The van der Waals surface area contributed by atoms with E-state index in [1.807, 2.05) is 0 Å². The first-order chi connectivity index (χ1) is 9.17. The van der Waals surface area contributed by atoms with Gasteiger partial charge >= 0.3 is 6.09 Å². The van der Waals surface area contributed by atoms with E-state index in [-0.39, 0.29) is 12.4 Å². The first kappa shape index (κ1) is 15.1. The van der Waals surface area contributed by atoms with Crippen LogP contribution in [0.15, 0.2) is 18.2 Å². The van der Waals surface area contributed by atoms with Crippen molar-refractivity contribution in [2.45, 2.75) is 33.1 Å². The van der Waals surface area contributed by atoms with E-state index in [1.54, 1.807) is 19.1 Å². The average molecular weight is 267 g/mol. The van der Waals surface area contributed by atoms with Crippen molar-refractivity contribution in [3.8, 4) is 11.5 Å². The molecule has 0 saturated heterocycles. The molecule has 0 aliphatic heterocycles. The van der Waals surface area contributed by atoms with E-state index < -0.39 is 6.09 Å². The predicted molar refractivity (Wildman–Crippen MR) is 73.8 cm³/mol. The second kappa shape index (κ2) is 8.24. The van der Waals surface area contributed by atoms with E-state index in [4.69, 9.17) is 9.47 Å². The molecule has 0 aliphatic rings. The fraction of sp³-hybridized carbons (Fsp3) is 0.500. The summed E-state index contributed by atoms with van der Waals surface area (Å²) in [5.74, 6) is 0.545. The van der Waals surface area contributed by atoms with Crippen LogP contribution >= 0.6 is 0 Å². The summed E-state index contributed by atoms with van der Waals surface area (Å²) >= 11 is 0. The minimum atomic E-state index is -0.589. The van der Waals surface area contributed by atoms with Gasteiger partial charge in [0.1, 0.15) is 11.5 Å². The number of phenolic OH excluding ortho intramolecular Hbond substituents is 1. The Morgan fingerprint density at radius 2 is 2.11 bits per heavy atom. The minimum Gasteiger partial charge on any atom is -0.506 e. The maximum absolute atomic E-state index is 11.2. The summed E-state index contributed by atoms with van der Waals surface area (Å²) in [4.78, 5) is 11.2. The molecule has 0 fully saturated rings. The Hall–Kier alpha value is -1.91. The number of benzene rings is 1. The molecule has 0 bridgehead atoms. The van der Waals surface area contributed by atoms with Gasteiger partial charge in [0.2, 0.25) is 0 Å². The highest BCUT2D eigenvalue weighted by Crippen LogP contribution is 2.28. The van der Waals surface area contributed by atoms with Crippen LogP contribution in [-0.2, 0) is 4.74 Å². The monoisotopic (exact) mass is 267 g/mol. The lowest BCUT2D eigenvalue weighted by molar-refractivity contribution is 0.168. The number of hydrogen-bond acceptors (Lipinski definition) is 4. The van der Waals surface area contributed by atoms with Crippen LogP contribution in [0.5, 0.6) is 11.5 Å². The Kier molecular flexibility index (Phi) is 6.57. The summed E-state index contributed by atoms with van der Waals surface area (Å²) < 4.78 is 10.2. The third-order valence-electron chi connectivity index (χ3n) is 2.50. The highest BCUT2D eigenvalue weighted by Gasteiger charge is 2.07. The van der Waals surface area contributed by atoms with Crippen molar-refractivity contribution >= 4 is 11.8 Å². The van der Waals surface area contributed by atoms with Gasteiger partial charge in [-0.25, -0.2) is 4.79 Å². The Labute approximate surface area is 113 Å². The van der Waals surface area contributed by atoms with Gasteiger partial charge in [-0.15, -0.1) is 0 Å². The number of amides is 1. The van der Waals surface area contributed by atoms with Crippen molar-refractivity contribution in [2.75, 3.05) is 18.5 Å². The van der Waals surface area contributed by atoms with Gasteiger partial charge in [0.15, 0.2) is 0 Å². The number of aromatic hydroxyl groups is 1. The highest BCUT2D eigenvalue weighted by molar-refractivity contribution is 5.86. The molecular weight excluding hydrogens is 246 g/mol. The molecule has 19 heavy (non-hydrogen) atoms. The van der Waals surface area contributed by atoms with Crippen LogP contribution in [0.3, 0.4) is 0 Å². The number of ether oxygens (including phenoxy) is 2. The van der Waals surface area contributed by atoms with Gasteiger partial charge in [-0.1, -0.05) is 19.8 Å². The third-order valence-corrected chi connectivity index (χ3v) is 2.50. The Balaban J connectivity index is 2.51. The molecule has 0 unspecified atom stereocenters. The van der Waals surface area contributed by atoms with Crippen molar-refractivity contribution in [3.63, 3.8) is 0 Å². The predicted octanol–water partition coefficient (Wildman–Crippen LogP) is 3.53. The first-order valence-electron chi connectivity index (χ1n) is 6.57. The molecule has 0 saturated carbocycles. The van der Waals surface area contributed by atoms with Crippen molar-refractivity contribution in [3.05, 3.63) is 18.2 Å². The molecule has 1 aromatic carbocycles. The van der Waals surface area contributed by atoms with Crippen LogP contribution in [0.4, 0.5) is 10.5 Å². The van der Waals surface area contributed by atoms with Crippen molar-refractivity contribution in [1.82, 2.24) is 0 Å². The van der Waals surface area contributed by atoms with E-state index in [9.17, 15) is 9.90 Å². The number of anilines is 1. The smallest absolute Gasteiger partial charge is 0.411 e. The van der Waals surface area contributed by atoms with Crippen LogP contribution in [0.2, 0.25) is 0 Å². The molecule has 5 heteroatoms. The summed E-state index contributed by atoms with van der Waals surface area (Å²) in [6.45, 7) is 4.75. The summed E-state index contributed by atoms with van der Waals surface area (Å²) in [5, 5.41) is 12.2. The van der Waals surface area contributed by atoms with Gasteiger partial charge in [-0.05, 0) is 25.5 Å². The molecule has 2 N–H and O–H groups in total. The standard InChI is InChI=1S/C14H21NO4/c1-3-5-6-9-19-11-7-8-12(13(16)10-11)15-14(17)18-4-2/h7-8,10,16H,3-6,9H2,1-2H3,(H,15,17). The third kappa shape index (κ3) is 5.50. The largest absolute Gasteiger partial charge is 0.506 e. The molecule has 0 aliphatic carbocycles. The molecule has 1 amide bonds. The number of phenols is 1. The topological polar surface area (TPSA) is 67.8 Å². The number of carbonyl (C=O) groups is 1. The lowest BCUT2D eigenvalue weighted by Crippen LogP contribution is -2.13. The zero-order chi connectivity index (χ0) is 14.1. The molecular formula is C14H21NO4. The van der Waals surface area contributed by atoms with Crippen LogP contribution in [0.1, 0.15) is 33.1 Å². The van der Waals surface area contributed by atoms with E-state index in [0.29, 0.717) is 18.0 Å². The molecule has 5 nitrogen and oxygen atoms in total. The molecule has 0 radical (unpaired) electrons. The Morgan fingerprint density at radius 1 is 1.32 bits per heavy atom. The second-order valence-electron chi connectivity index (χ2n) is 4.08. The van der Waals surface area contributed by atoms with E-state index in [1.165, 1.54) is 6.07 Å². The summed E-state index contributed by atoms with van der Waals surface area (Å²) in [6.07, 6.45) is 2.65. The summed E-state index contributed by atoms with van der Waals surface area (Å²) in [5.41, 5.74) is 0.305. The van der Waals surface area contributed by atoms with Crippen LogP contribution in [0.25, 0.3) is 0 Å². The zero-order valence-corrected chi connectivity index (χ0v) is 11.4. The van der Waals surface area contributed by atoms with E-state index in [2.05, 4.69) is 12.2 Å². The minimum absolute atomic E-state index is 0.0407. The average Bonchev–Trinajstić information content (AvgIpc) is 2.38. The molecule has 106 valence electrons. The van der Waals surface area contributed by atoms with Crippen molar-refractivity contribution in [2.24, 2.45) is 0 Å². The van der Waals surface area contributed by atoms with Crippen LogP contribution in [-0.4, -0.2) is 24.4 Å². The SMILES string of the molecule is CCCCCOc1ccc(NC(=O)OCC)c(O)c1. The molecule has 1 aromatic rings. The molecule has 0 aromatic heterocycles. The Morgan fingerprint density at radius 3 is 2.74 bits per heavy atom. The molecule has 0 heterocycles. The lowest BCUT2D eigenvalue weighted by atomic mass is 10.2. The van der Waals surface area contributed by atoms with Gasteiger partial charge in [0.05, 0.1) is 18.9 Å².